The fourth-order valence-electron chi connectivity index (χ4n) is 12.7. The largest absolute Gasteiger partial charge is 0.478 e. The van der Waals surface area contributed by atoms with Gasteiger partial charge < -0.3 is 30.0 Å². The van der Waals surface area contributed by atoms with Crippen molar-refractivity contribution >= 4 is 45.8 Å². The second-order valence-electron chi connectivity index (χ2n) is 23.5. The van der Waals surface area contributed by atoms with Crippen molar-refractivity contribution in [3.05, 3.63) is 163 Å². The summed E-state index contributed by atoms with van der Waals surface area (Å²) in [6.07, 6.45) is 8.57. The molecular formula is C66H71F4N11O5. The van der Waals surface area contributed by atoms with Gasteiger partial charge >= 0.3 is 5.97 Å². The predicted octanol–water partition coefficient (Wildman–Crippen LogP) is 10.9. The van der Waals surface area contributed by atoms with Gasteiger partial charge in [-0.15, -0.1) is 0 Å². The third-order valence-electron chi connectivity index (χ3n) is 17.8. The summed E-state index contributed by atoms with van der Waals surface area (Å²) in [7, 11) is 0. The number of hydrogen-bond donors (Lipinski definition) is 2. The zero-order chi connectivity index (χ0) is 60.5. The average molecular weight is 1170 g/mol. The Kier molecular flexibility index (Phi) is 17.5. The number of hydrogen-bond acceptors (Lipinski definition) is 12. The van der Waals surface area contributed by atoms with E-state index in [1.54, 1.807) is 24.3 Å². The highest BCUT2D eigenvalue weighted by atomic mass is 19.1. The monoisotopic (exact) mass is 1170 g/mol. The highest BCUT2D eigenvalue weighted by molar-refractivity contribution is 5.99. The SMILES string of the molecule is CCNC(=O)c1ccc(C)c(-c2nc(N3CCC(N4CCC(C)CC4)CC3)nc3c2ccc(=O)n3-c2c(F)cccc2F)c1.Cc1ccc(C(=O)O)cc1-c1nc(N2CCC(N3CCC(C)CC3)CC2)nc2c1ccc(=O)n2-c1c(F)cccc1F. The van der Waals surface area contributed by atoms with Gasteiger partial charge in [0, 0.05) is 84.4 Å². The Balaban J connectivity index is 0.000000179. The fourth-order valence-corrected chi connectivity index (χ4v) is 12.7. The zero-order valence-corrected chi connectivity index (χ0v) is 49.1. The summed E-state index contributed by atoms with van der Waals surface area (Å²) >= 11 is 0. The number of benzene rings is 4. The maximum atomic E-state index is 15.1. The summed E-state index contributed by atoms with van der Waals surface area (Å²) in [5.41, 5.74) is 2.19. The van der Waals surface area contributed by atoms with E-state index in [2.05, 4.69) is 33.9 Å². The third kappa shape index (κ3) is 12.1. The Morgan fingerprint density at radius 1 is 0.523 bits per heavy atom. The first kappa shape index (κ1) is 59.4. The highest BCUT2D eigenvalue weighted by Gasteiger charge is 2.32. The van der Waals surface area contributed by atoms with Crippen molar-refractivity contribution in [2.75, 3.05) is 68.7 Å². The molecule has 0 unspecified atom stereocenters. The van der Waals surface area contributed by atoms with Gasteiger partial charge in [-0.1, -0.05) is 38.1 Å². The van der Waals surface area contributed by atoms with Crippen LogP contribution in [0.1, 0.15) is 104 Å². The number of halogens is 4. The predicted molar refractivity (Wildman–Crippen MR) is 326 cm³/mol. The molecule has 0 atom stereocenters. The second-order valence-corrected chi connectivity index (χ2v) is 23.5. The molecule has 448 valence electrons. The lowest BCUT2D eigenvalue weighted by Crippen LogP contribution is -2.48. The first-order chi connectivity index (χ1) is 41.5. The minimum atomic E-state index is -1.09. The Hall–Kier alpha value is -8.36. The molecule has 0 aliphatic carbocycles. The van der Waals surface area contributed by atoms with E-state index >= 15 is 17.6 Å². The number of likely N-dealkylation sites (tertiary alicyclic amines) is 2. The lowest BCUT2D eigenvalue weighted by Gasteiger charge is -2.41. The number of aromatic nitrogens is 6. The van der Waals surface area contributed by atoms with Crippen LogP contribution in [-0.4, -0.2) is 127 Å². The molecule has 4 aliphatic heterocycles. The number of anilines is 2. The van der Waals surface area contributed by atoms with Gasteiger partial charge in [0.2, 0.25) is 11.9 Å². The molecule has 4 aliphatic rings. The van der Waals surface area contributed by atoms with Gasteiger partial charge in [-0.2, -0.15) is 9.97 Å². The Bertz CT molecular complexity index is 3950. The second kappa shape index (κ2) is 25.3. The Morgan fingerprint density at radius 2 is 0.907 bits per heavy atom. The smallest absolute Gasteiger partial charge is 0.335 e. The number of para-hydroxylation sites is 2. The Morgan fingerprint density at radius 3 is 1.29 bits per heavy atom. The molecule has 12 rings (SSSR count). The molecule has 0 bridgehead atoms. The number of aromatic carboxylic acids is 1. The normalized spacial score (nSPS) is 17.0. The standard InChI is InChI=1S/C34H38F2N6O2.C32H33F2N5O3/c1-4-37-33(44)23-9-8-22(3)26(20-23)30-25-10-11-29(43)42(31-27(35)6-5-7-28(31)36)32(25)39-34(38-30)41-18-14-24(15-19-41)40-16-12-21(2)13-17-40;1-19-10-14-37(15-11-19)22-12-16-38(17-13-22)32-35-28(24-18-21(31(41)42)7-6-20(24)2)23-8-9-27(40)39(30(23)36-32)29-25(33)4-3-5-26(29)34/h5-11,20-21,24H,4,12-19H2,1-3H3,(H,37,44);3-9,18-19,22H,10-17H2,1-2H3,(H,41,42). The number of piperidine rings is 4. The lowest BCUT2D eigenvalue weighted by atomic mass is 9.95. The van der Waals surface area contributed by atoms with E-state index in [1.165, 1.54) is 68.1 Å². The van der Waals surface area contributed by atoms with E-state index in [9.17, 15) is 24.3 Å². The van der Waals surface area contributed by atoms with Crippen LogP contribution in [0.4, 0.5) is 29.5 Å². The number of carboxylic acids is 1. The molecule has 4 saturated heterocycles. The van der Waals surface area contributed by atoms with Crippen molar-refractivity contribution in [1.29, 1.82) is 0 Å². The molecule has 8 aromatic rings. The van der Waals surface area contributed by atoms with Crippen LogP contribution in [0, 0.1) is 49.0 Å². The van der Waals surface area contributed by atoms with E-state index in [0.717, 1.165) is 108 Å². The number of carboxylic acid groups (broad SMARTS) is 1. The van der Waals surface area contributed by atoms with E-state index < -0.39 is 51.7 Å². The lowest BCUT2D eigenvalue weighted by molar-refractivity contribution is 0.0696. The molecule has 4 fully saturated rings. The topological polar surface area (TPSA) is 175 Å². The van der Waals surface area contributed by atoms with Crippen molar-refractivity contribution in [3.63, 3.8) is 0 Å². The number of amides is 1. The summed E-state index contributed by atoms with van der Waals surface area (Å²) in [5.74, 6) is -2.59. The molecule has 4 aromatic heterocycles. The van der Waals surface area contributed by atoms with Crippen molar-refractivity contribution in [2.45, 2.75) is 98.1 Å². The van der Waals surface area contributed by atoms with Gasteiger partial charge in [-0.25, -0.2) is 32.3 Å². The average Bonchev–Trinajstić information content (AvgIpc) is 1.28. The molecule has 20 heteroatoms. The molecule has 8 heterocycles. The molecule has 4 aromatic carbocycles. The summed E-state index contributed by atoms with van der Waals surface area (Å²) in [6.45, 7) is 17.9. The number of pyridine rings is 2. The van der Waals surface area contributed by atoms with Gasteiger partial charge in [0.05, 0.1) is 17.0 Å². The first-order valence-electron chi connectivity index (χ1n) is 29.9. The minimum Gasteiger partial charge on any atom is -0.478 e. The van der Waals surface area contributed by atoms with Gasteiger partial charge in [0.1, 0.15) is 34.6 Å². The van der Waals surface area contributed by atoms with Crippen molar-refractivity contribution in [1.82, 2.24) is 44.2 Å². The maximum Gasteiger partial charge on any atom is 0.335 e. The van der Waals surface area contributed by atoms with Gasteiger partial charge in [-0.05, 0) is 182 Å². The molecule has 0 spiro atoms. The van der Waals surface area contributed by atoms with Crippen molar-refractivity contribution in [2.24, 2.45) is 11.8 Å². The van der Waals surface area contributed by atoms with Crippen LogP contribution in [0.5, 0.6) is 0 Å². The molecule has 0 radical (unpaired) electrons. The Labute approximate surface area is 496 Å². The highest BCUT2D eigenvalue weighted by Crippen LogP contribution is 2.37. The van der Waals surface area contributed by atoms with Crippen LogP contribution in [0.25, 0.3) is 56.0 Å². The molecule has 2 N–H and O–H groups in total. The summed E-state index contributed by atoms with van der Waals surface area (Å²) in [4.78, 5) is 79.9. The third-order valence-corrected chi connectivity index (χ3v) is 17.8. The summed E-state index contributed by atoms with van der Waals surface area (Å²) in [5, 5.41) is 13.3. The van der Waals surface area contributed by atoms with Crippen LogP contribution in [0.2, 0.25) is 0 Å². The molecule has 1 amide bonds. The zero-order valence-electron chi connectivity index (χ0n) is 49.1. The van der Waals surface area contributed by atoms with Crippen molar-refractivity contribution < 1.29 is 32.3 Å². The number of nitrogens with one attached hydrogen (secondary N) is 1. The van der Waals surface area contributed by atoms with Crippen molar-refractivity contribution in [3.8, 4) is 33.9 Å². The minimum absolute atomic E-state index is 0.0544. The summed E-state index contributed by atoms with van der Waals surface area (Å²) < 4.78 is 62.3. The fraction of sp³-hybridized carbons (Fsp3) is 0.394. The van der Waals surface area contributed by atoms with E-state index in [0.29, 0.717) is 95.6 Å². The quantitative estimate of drug-likeness (QED) is 0.117. The first-order valence-corrected chi connectivity index (χ1v) is 29.9. The number of carbonyl (C=O) groups excluding carboxylic acids is 1. The van der Waals surface area contributed by atoms with Gasteiger partial charge in [0.15, 0.2) is 11.3 Å². The van der Waals surface area contributed by atoms with Crippen LogP contribution < -0.4 is 26.2 Å². The van der Waals surface area contributed by atoms with Crippen LogP contribution in [0.3, 0.4) is 0 Å². The number of aryl methyl sites for hydroxylation is 2. The molecule has 16 nitrogen and oxygen atoms in total. The maximum absolute atomic E-state index is 15.1. The van der Waals surface area contributed by atoms with Crippen LogP contribution >= 0.6 is 0 Å². The van der Waals surface area contributed by atoms with Crippen LogP contribution in [0.15, 0.2) is 107 Å². The molecule has 0 saturated carbocycles. The number of carbonyl (C=O) groups is 2. The number of fused-ring (bicyclic) bond motifs is 2. The molecule has 86 heavy (non-hydrogen) atoms. The van der Waals surface area contributed by atoms with Gasteiger partial charge in [-0.3, -0.25) is 23.5 Å². The number of nitrogens with zero attached hydrogens (tertiary/aromatic N) is 10. The van der Waals surface area contributed by atoms with E-state index in [4.69, 9.17) is 19.9 Å². The molecular weight excluding hydrogens is 1100 g/mol. The van der Waals surface area contributed by atoms with E-state index in [1.807, 2.05) is 31.7 Å². The van der Waals surface area contributed by atoms with Gasteiger partial charge in [0.25, 0.3) is 17.0 Å². The summed E-state index contributed by atoms with van der Waals surface area (Å²) in [6, 6.07) is 23.6. The van der Waals surface area contributed by atoms with Crippen LogP contribution in [-0.2, 0) is 0 Å². The van der Waals surface area contributed by atoms with E-state index in [-0.39, 0.29) is 22.8 Å². The number of rotatable bonds is 11.